The van der Waals surface area contributed by atoms with Gasteiger partial charge >= 0.3 is 0 Å². The van der Waals surface area contributed by atoms with E-state index in [2.05, 4.69) is 249 Å². The van der Waals surface area contributed by atoms with Gasteiger partial charge in [0, 0.05) is 17.8 Å². The SMILES string of the molecule is c1ccc(C2c3cccc(-c4ccc(-c5ccc(-c6c7ccccc7c(-c7ccc8ccccc8c7)c7ccccc67)cc5)cc4)c3C(c3ccccc3)C2c2ccccc2)cc1. The molecule has 0 saturated carbocycles. The number of hydrogen-bond donors (Lipinski definition) is 0. The molecule has 63 heavy (non-hydrogen) atoms. The summed E-state index contributed by atoms with van der Waals surface area (Å²) in [6.07, 6.45) is 0. The van der Waals surface area contributed by atoms with Gasteiger partial charge in [0.1, 0.15) is 0 Å². The minimum atomic E-state index is 0.200. The van der Waals surface area contributed by atoms with Gasteiger partial charge in [0.2, 0.25) is 0 Å². The van der Waals surface area contributed by atoms with Crippen molar-refractivity contribution in [1.29, 1.82) is 0 Å². The van der Waals surface area contributed by atoms with Crippen molar-refractivity contribution in [3.05, 3.63) is 277 Å². The molecule has 296 valence electrons. The fourth-order valence-corrected chi connectivity index (χ4v) is 10.9. The normalized spacial score (nSPS) is 15.8. The summed E-state index contributed by atoms with van der Waals surface area (Å²) in [4.78, 5) is 0. The van der Waals surface area contributed by atoms with E-state index in [1.165, 1.54) is 105 Å². The van der Waals surface area contributed by atoms with Crippen molar-refractivity contribution in [1.82, 2.24) is 0 Å². The minimum absolute atomic E-state index is 0.200. The monoisotopic (exact) mass is 800 g/mol. The highest BCUT2D eigenvalue weighted by atomic mass is 14.5. The van der Waals surface area contributed by atoms with Crippen LogP contribution < -0.4 is 0 Å². The second kappa shape index (κ2) is 15.6. The van der Waals surface area contributed by atoms with Gasteiger partial charge in [-0.2, -0.15) is 0 Å². The molecule has 0 nitrogen and oxygen atoms in total. The van der Waals surface area contributed by atoms with Crippen LogP contribution in [0.15, 0.2) is 249 Å². The summed E-state index contributed by atoms with van der Waals surface area (Å²) in [5, 5.41) is 7.60. The summed E-state index contributed by atoms with van der Waals surface area (Å²) in [6.45, 7) is 0. The highest BCUT2D eigenvalue weighted by molar-refractivity contribution is 6.21. The van der Waals surface area contributed by atoms with E-state index in [9.17, 15) is 0 Å². The zero-order chi connectivity index (χ0) is 41.7. The number of rotatable bonds is 7. The largest absolute Gasteiger partial charge is 0.0622 e. The van der Waals surface area contributed by atoms with Gasteiger partial charge in [-0.15, -0.1) is 0 Å². The number of fused-ring (bicyclic) bond motifs is 4. The molecule has 0 aromatic heterocycles. The molecule has 0 spiro atoms. The maximum absolute atomic E-state index is 2.38. The molecule has 1 aliphatic carbocycles. The van der Waals surface area contributed by atoms with Gasteiger partial charge < -0.3 is 0 Å². The molecule has 0 N–H and O–H groups in total. The molecule has 11 aromatic carbocycles. The smallest absolute Gasteiger partial charge is 0.0176 e. The molecule has 0 saturated heterocycles. The molecule has 0 heterocycles. The van der Waals surface area contributed by atoms with Gasteiger partial charge in [0.15, 0.2) is 0 Å². The molecule has 0 radical (unpaired) electrons. The van der Waals surface area contributed by atoms with Crippen LogP contribution in [-0.4, -0.2) is 0 Å². The molecule has 12 rings (SSSR count). The first-order valence-electron chi connectivity index (χ1n) is 22.2. The van der Waals surface area contributed by atoms with Gasteiger partial charge in [0.25, 0.3) is 0 Å². The second-order valence-corrected chi connectivity index (χ2v) is 17.1. The van der Waals surface area contributed by atoms with Crippen molar-refractivity contribution >= 4 is 32.3 Å². The Kier molecular flexibility index (Phi) is 9.16. The lowest BCUT2D eigenvalue weighted by molar-refractivity contribution is 0.596. The number of benzene rings is 11. The van der Waals surface area contributed by atoms with Gasteiger partial charge in [0.05, 0.1) is 0 Å². The van der Waals surface area contributed by atoms with Crippen molar-refractivity contribution in [2.24, 2.45) is 0 Å². The Morgan fingerprint density at radius 3 is 1.25 bits per heavy atom. The van der Waals surface area contributed by atoms with E-state index in [0.29, 0.717) is 0 Å². The van der Waals surface area contributed by atoms with E-state index >= 15 is 0 Å². The van der Waals surface area contributed by atoms with Crippen LogP contribution >= 0.6 is 0 Å². The molecular formula is C63H44. The highest BCUT2D eigenvalue weighted by Crippen LogP contribution is 2.59. The van der Waals surface area contributed by atoms with E-state index in [1.807, 2.05) is 0 Å². The molecule has 3 atom stereocenters. The third-order valence-electron chi connectivity index (χ3n) is 13.7. The van der Waals surface area contributed by atoms with Crippen molar-refractivity contribution in [2.45, 2.75) is 17.8 Å². The summed E-state index contributed by atoms with van der Waals surface area (Å²) in [5.74, 6) is 0.691. The third-order valence-corrected chi connectivity index (χ3v) is 13.7. The van der Waals surface area contributed by atoms with Crippen LogP contribution in [0.5, 0.6) is 0 Å². The average Bonchev–Trinajstić information content (AvgIpc) is 3.72. The lowest BCUT2D eigenvalue weighted by Crippen LogP contribution is -2.13. The summed E-state index contributed by atoms with van der Waals surface area (Å²) >= 11 is 0. The Morgan fingerprint density at radius 1 is 0.254 bits per heavy atom. The van der Waals surface area contributed by atoms with Crippen molar-refractivity contribution < 1.29 is 0 Å². The Morgan fingerprint density at radius 2 is 0.683 bits per heavy atom. The molecule has 0 amide bonds. The molecular weight excluding hydrogens is 757 g/mol. The van der Waals surface area contributed by atoms with E-state index in [1.54, 1.807) is 0 Å². The second-order valence-electron chi connectivity index (χ2n) is 17.1. The van der Waals surface area contributed by atoms with Crippen molar-refractivity contribution in [3.8, 4) is 44.5 Å². The van der Waals surface area contributed by atoms with E-state index in [-0.39, 0.29) is 17.8 Å². The predicted molar refractivity (Wildman–Crippen MR) is 266 cm³/mol. The average molecular weight is 801 g/mol. The van der Waals surface area contributed by atoms with Gasteiger partial charge in [-0.3, -0.25) is 0 Å². The van der Waals surface area contributed by atoms with Crippen LogP contribution in [0.25, 0.3) is 76.8 Å². The molecule has 0 fully saturated rings. The zero-order valence-corrected chi connectivity index (χ0v) is 34.9. The van der Waals surface area contributed by atoms with Crippen LogP contribution in [0, 0.1) is 0 Å². The first-order chi connectivity index (χ1) is 31.3. The topological polar surface area (TPSA) is 0 Å². The van der Waals surface area contributed by atoms with Gasteiger partial charge in [-0.05, 0) is 111 Å². The third kappa shape index (κ3) is 6.38. The lowest BCUT2D eigenvalue weighted by atomic mass is 9.75. The van der Waals surface area contributed by atoms with Crippen LogP contribution in [-0.2, 0) is 0 Å². The maximum atomic E-state index is 2.38. The molecule has 11 aromatic rings. The van der Waals surface area contributed by atoms with E-state index in [4.69, 9.17) is 0 Å². The van der Waals surface area contributed by atoms with Crippen LogP contribution in [0.1, 0.15) is 45.6 Å². The Balaban J connectivity index is 0.934. The van der Waals surface area contributed by atoms with Crippen molar-refractivity contribution in [3.63, 3.8) is 0 Å². The Labute approximate surface area is 369 Å². The van der Waals surface area contributed by atoms with Crippen molar-refractivity contribution in [2.75, 3.05) is 0 Å². The summed E-state index contributed by atoms with van der Waals surface area (Å²) in [5.41, 5.74) is 17.0. The summed E-state index contributed by atoms with van der Waals surface area (Å²) in [6, 6.07) is 92.4. The molecule has 0 aliphatic heterocycles. The van der Waals surface area contributed by atoms with Crippen LogP contribution in [0.3, 0.4) is 0 Å². The lowest BCUT2D eigenvalue weighted by Gasteiger charge is -2.27. The van der Waals surface area contributed by atoms with Crippen LogP contribution in [0.4, 0.5) is 0 Å². The minimum Gasteiger partial charge on any atom is -0.0622 e. The molecule has 3 unspecified atom stereocenters. The molecule has 0 heteroatoms. The van der Waals surface area contributed by atoms with Crippen LogP contribution in [0.2, 0.25) is 0 Å². The highest BCUT2D eigenvalue weighted by Gasteiger charge is 2.44. The predicted octanol–water partition coefficient (Wildman–Crippen LogP) is 16.9. The summed E-state index contributed by atoms with van der Waals surface area (Å²) in [7, 11) is 0. The fraction of sp³-hybridized carbons (Fsp3) is 0.0476. The van der Waals surface area contributed by atoms with Gasteiger partial charge in [-0.1, -0.05) is 243 Å². The van der Waals surface area contributed by atoms with E-state index in [0.717, 1.165) is 0 Å². The fourth-order valence-electron chi connectivity index (χ4n) is 10.9. The standard InChI is InChI=1S/C63H44/c1-4-18-46(19-5-1)60-57-30-16-29-52(63(57)62(48-22-8-3-9-23-48)61(60)47-20-6-2-7-21-47)45-36-31-43(32-37-45)44-33-38-49(39-34-44)58-53-25-12-14-27-55(53)59(56-28-15-13-26-54(56)58)51-40-35-42-17-10-11-24-50(42)41-51/h1-41,60-62H. The Bertz CT molecular complexity index is 3360. The molecule has 0 bridgehead atoms. The zero-order valence-electron chi connectivity index (χ0n) is 34.9. The molecule has 1 aliphatic rings. The first-order valence-corrected chi connectivity index (χ1v) is 22.2. The number of hydrogen-bond acceptors (Lipinski definition) is 0. The first kappa shape index (κ1) is 37.0. The Hall–Kier alpha value is -7.80. The quantitative estimate of drug-likeness (QED) is 0.141. The summed E-state index contributed by atoms with van der Waals surface area (Å²) < 4.78 is 0. The maximum Gasteiger partial charge on any atom is 0.0176 e. The van der Waals surface area contributed by atoms with Gasteiger partial charge in [-0.25, -0.2) is 0 Å². The van der Waals surface area contributed by atoms with E-state index < -0.39 is 0 Å².